The highest BCUT2D eigenvalue weighted by atomic mass is 32.2. The van der Waals surface area contributed by atoms with E-state index < -0.39 is 0 Å². The predicted octanol–water partition coefficient (Wildman–Crippen LogP) is 3.15. The van der Waals surface area contributed by atoms with Gasteiger partial charge in [-0.3, -0.25) is 14.2 Å². The first kappa shape index (κ1) is 21.1. The molecule has 2 aromatic rings. The summed E-state index contributed by atoms with van der Waals surface area (Å²) in [5.41, 5.74) is 2.13. The van der Waals surface area contributed by atoms with Gasteiger partial charge in [-0.25, -0.2) is 4.98 Å². The van der Waals surface area contributed by atoms with Crippen LogP contribution >= 0.6 is 11.8 Å². The molecule has 0 spiro atoms. The lowest BCUT2D eigenvalue weighted by atomic mass is 9.97. The van der Waals surface area contributed by atoms with Crippen LogP contribution in [0.25, 0.3) is 10.9 Å². The summed E-state index contributed by atoms with van der Waals surface area (Å²) in [6.45, 7) is 3.96. The molecule has 2 aliphatic rings. The number of hydrogen-bond donors (Lipinski definition) is 0. The van der Waals surface area contributed by atoms with E-state index in [1.807, 2.05) is 29.2 Å². The summed E-state index contributed by atoms with van der Waals surface area (Å²) in [7, 11) is 2.08. The van der Waals surface area contributed by atoms with Crippen LogP contribution in [0.15, 0.2) is 45.9 Å². The summed E-state index contributed by atoms with van der Waals surface area (Å²) in [5.74, 6) is 0.439. The van der Waals surface area contributed by atoms with Gasteiger partial charge in [-0.2, -0.15) is 0 Å². The van der Waals surface area contributed by atoms with E-state index in [-0.39, 0.29) is 11.5 Å². The summed E-state index contributed by atoms with van der Waals surface area (Å²) in [5, 5.41) is 1.29. The monoisotopic (exact) mass is 426 g/mol. The van der Waals surface area contributed by atoms with Crippen LogP contribution in [0.5, 0.6) is 0 Å². The van der Waals surface area contributed by atoms with Crippen molar-refractivity contribution in [3.05, 3.63) is 46.3 Å². The minimum atomic E-state index is -0.00782. The largest absolute Gasteiger partial charge is 0.339 e. The lowest BCUT2D eigenvalue weighted by Crippen LogP contribution is -2.47. The molecule has 1 aromatic carbocycles. The molecule has 2 heterocycles. The number of nitrogens with zero attached hydrogens (tertiary/aromatic N) is 4. The van der Waals surface area contributed by atoms with Crippen LogP contribution in [-0.2, 0) is 11.3 Å². The van der Waals surface area contributed by atoms with Gasteiger partial charge in [0, 0.05) is 32.7 Å². The van der Waals surface area contributed by atoms with Crippen LogP contribution in [0.1, 0.15) is 32.1 Å². The molecule has 0 unspecified atom stereocenters. The van der Waals surface area contributed by atoms with Crippen molar-refractivity contribution in [3.8, 4) is 0 Å². The molecular weight excluding hydrogens is 396 g/mol. The van der Waals surface area contributed by atoms with Gasteiger partial charge >= 0.3 is 0 Å². The van der Waals surface area contributed by atoms with Gasteiger partial charge in [0.05, 0.1) is 16.7 Å². The SMILES string of the molecule is CN1CCN(C(=O)CSc2nc3ccccc3c(=O)n2CCC2=CCCCC2)CC1. The quantitative estimate of drug-likeness (QED) is 0.403. The Bertz CT molecular complexity index is 992. The molecule has 0 N–H and O–H groups in total. The van der Waals surface area contributed by atoms with Gasteiger partial charge in [0.15, 0.2) is 5.16 Å². The lowest BCUT2D eigenvalue weighted by molar-refractivity contribution is -0.129. The van der Waals surface area contributed by atoms with Crippen molar-refractivity contribution in [2.75, 3.05) is 39.0 Å². The second kappa shape index (κ2) is 9.79. The summed E-state index contributed by atoms with van der Waals surface area (Å²) >= 11 is 1.39. The number of piperazine rings is 1. The maximum atomic E-state index is 13.2. The van der Waals surface area contributed by atoms with E-state index in [0.29, 0.717) is 28.4 Å². The van der Waals surface area contributed by atoms with E-state index in [1.165, 1.54) is 30.2 Å². The number of carbonyl (C=O) groups is 1. The van der Waals surface area contributed by atoms with Crippen LogP contribution in [0.2, 0.25) is 0 Å². The number of para-hydroxylation sites is 1. The topological polar surface area (TPSA) is 58.4 Å². The number of likely N-dealkylation sites (N-methyl/N-ethyl adjacent to an activating group) is 1. The van der Waals surface area contributed by atoms with Crippen LogP contribution in [0.4, 0.5) is 0 Å². The highest BCUT2D eigenvalue weighted by Gasteiger charge is 2.20. The van der Waals surface area contributed by atoms with Crippen LogP contribution < -0.4 is 5.56 Å². The maximum absolute atomic E-state index is 13.2. The number of hydrogen-bond acceptors (Lipinski definition) is 5. The second-order valence-electron chi connectivity index (χ2n) is 8.20. The van der Waals surface area contributed by atoms with Gasteiger partial charge < -0.3 is 9.80 Å². The van der Waals surface area contributed by atoms with Gasteiger partial charge in [-0.1, -0.05) is 35.5 Å². The van der Waals surface area contributed by atoms with E-state index in [1.54, 1.807) is 4.57 Å². The smallest absolute Gasteiger partial charge is 0.262 e. The Morgan fingerprint density at radius 1 is 1.13 bits per heavy atom. The summed E-state index contributed by atoms with van der Waals surface area (Å²) < 4.78 is 1.78. The Hall–Kier alpha value is -2.12. The first-order chi connectivity index (χ1) is 14.6. The summed E-state index contributed by atoms with van der Waals surface area (Å²) in [4.78, 5) is 34.8. The number of thioether (sulfide) groups is 1. The normalized spacial score (nSPS) is 17.9. The third-order valence-electron chi connectivity index (χ3n) is 6.05. The number of rotatable bonds is 6. The minimum Gasteiger partial charge on any atom is -0.339 e. The van der Waals surface area contributed by atoms with Gasteiger partial charge in [0.25, 0.3) is 5.56 Å². The summed E-state index contributed by atoms with van der Waals surface area (Å²) in [6, 6.07) is 7.49. The fraction of sp³-hybridized carbons (Fsp3) is 0.522. The van der Waals surface area contributed by atoms with E-state index >= 15 is 0 Å². The Kier molecular flexibility index (Phi) is 6.89. The molecule has 1 amide bonds. The van der Waals surface area contributed by atoms with Crippen molar-refractivity contribution in [2.45, 2.75) is 43.8 Å². The second-order valence-corrected chi connectivity index (χ2v) is 9.14. The fourth-order valence-electron chi connectivity index (χ4n) is 4.12. The van der Waals surface area contributed by atoms with Gasteiger partial charge in [0.1, 0.15) is 0 Å². The van der Waals surface area contributed by atoms with Crippen molar-refractivity contribution in [1.82, 2.24) is 19.4 Å². The third-order valence-corrected chi connectivity index (χ3v) is 7.01. The molecule has 7 heteroatoms. The van der Waals surface area contributed by atoms with Crippen molar-refractivity contribution in [1.29, 1.82) is 0 Å². The highest BCUT2D eigenvalue weighted by Crippen LogP contribution is 2.23. The Labute approximate surface area is 182 Å². The molecule has 0 saturated carbocycles. The van der Waals surface area contributed by atoms with Gasteiger partial charge in [-0.05, 0) is 51.3 Å². The van der Waals surface area contributed by atoms with Crippen molar-refractivity contribution < 1.29 is 4.79 Å². The fourth-order valence-corrected chi connectivity index (χ4v) is 5.04. The zero-order chi connectivity index (χ0) is 20.9. The van der Waals surface area contributed by atoms with E-state index in [9.17, 15) is 9.59 Å². The molecule has 6 nitrogen and oxygen atoms in total. The van der Waals surface area contributed by atoms with E-state index in [4.69, 9.17) is 4.98 Å². The standard InChI is InChI=1S/C23H30N4O2S/c1-25-13-15-26(16-14-25)21(28)17-30-23-24-20-10-6-5-9-19(20)22(29)27(23)12-11-18-7-3-2-4-8-18/h5-7,9-10H,2-4,8,11-17H2,1H3. The first-order valence-corrected chi connectivity index (χ1v) is 11.9. The molecular formula is C23H30N4O2S. The zero-order valence-electron chi connectivity index (χ0n) is 17.7. The molecule has 1 aromatic heterocycles. The number of fused-ring (bicyclic) bond motifs is 1. The number of carbonyl (C=O) groups excluding carboxylic acids is 1. The van der Waals surface area contributed by atoms with Crippen molar-refractivity contribution >= 4 is 28.6 Å². The Morgan fingerprint density at radius 3 is 2.70 bits per heavy atom. The lowest BCUT2D eigenvalue weighted by Gasteiger charge is -2.32. The average molecular weight is 427 g/mol. The van der Waals surface area contributed by atoms with Crippen molar-refractivity contribution in [2.24, 2.45) is 0 Å². The minimum absolute atomic E-state index is 0.00782. The Morgan fingerprint density at radius 2 is 1.93 bits per heavy atom. The van der Waals surface area contributed by atoms with Crippen LogP contribution in [0.3, 0.4) is 0 Å². The Balaban J connectivity index is 1.53. The molecule has 0 bridgehead atoms. The molecule has 1 aliphatic carbocycles. The molecule has 0 radical (unpaired) electrons. The molecule has 1 saturated heterocycles. The van der Waals surface area contributed by atoms with Crippen LogP contribution in [0, 0.1) is 0 Å². The zero-order valence-corrected chi connectivity index (χ0v) is 18.5. The number of allylic oxidation sites excluding steroid dienone is 2. The molecule has 1 fully saturated rings. The van der Waals surface area contributed by atoms with E-state index in [2.05, 4.69) is 18.0 Å². The van der Waals surface area contributed by atoms with Gasteiger partial charge in [-0.15, -0.1) is 0 Å². The average Bonchev–Trinajstić information content (AvgIpc) is 2.78. The van der Waals surface area contributed by atoms with Crippen molar-refractivity contribution in [3.63, 3.8) is 0 Å². The molecule has 4 rings (SSSR count). The molecule has 0 atom stereocenters. The number of aromatic nitrogens is 2. The number of benzene rings is 1. The highest BCUT2D eigenvalue weighted by molar-refractivity contribution is 7.99. The van der Waals surface area contributed by atoms with Crippen LogP contribution in [-0.4, -0.2) is 64.2 Å². The molecule has 1 aliphatic heterocycles. The molecule has 160 valence electrons. The summed E-state index contributed by atoms with van der Waals surface area (Å²) in [6.07, 6.45) is 7.96. The van der Waals surface area contributed by atoms with Gasteiger partial charge in [0.2, 0.25) is 5.91 Å². The van der Waals surface area contributed by atoms with E-state index in [0.717, 1.165) is 45.4 Å². The molecule has 30 heavy (non-hydrogen) atoms. The predicted molar refractivity (Wildman–Crippen MR) is 122 cm³/mol. The number of amides is 1. The first-order valence-electron chi connectivity index (χ1n) is 10.9. The third kappa shape index (κ3) is 4.95. The maximum Gasteiger partial charge on any atom is 0.262 e.